The van der Waals surface area contributed by atoms with Gasteiger partial charge in [-0.1, -0.05) is 13.8 Å². The van der Waals surface area contributed by atoms with Crippen LogP contribution in [0.4, 0.5) is 0 Å². The maximum absolute atomic E-state index is 5.45. The van der Waals surface area contributed by atoms with Crippen molar-refractivity contribution in [3.63, 3.8) is 0 Å². The van der Waals surface area contributed by atoms with E-state index in [0.717, 1.165) is 19.6 Å². The zero-order chi connectivity index (χ0) is 10.3. The lowest BCUT2D eigenvalue weighted by atomic mass is 10.1. The molecule has 0 bridgehead atoms. The molecule has 0 aliphatic rings. The predicted molar refractivity (Wildman–Crippen MR) is 55.1 cm³/mol. The number of likely N-dealkylation sites (N-methyl/N-ethyl adjacent to an activating group) is 1. The third-order valence-electron chi connectivity index (χ3n) is 2.39. The van der Waals surface area contributed by atoms with Crippen LogP contribution in [0.5, 0.6) is 0 Å². The van der Waals surface area contributed by atoms with Crippen molar-refractivity contribution in [1.29, 1.82) is 0 Å². The van der Waals surface area contributed by atoms with Crippen molar-refractivity contribution < 1.29 is 9.47 Å². The Balaban J connectivity index is 4.07. The van der Waals surface area contributed by atoms with Gasteiger partial charge in [0, 0.05) is 20.8 Å². The number of ether oxygens (including phenoxy) is 2. The zero-order valence-electron chi connectivity index (χ0n) is 9.59. The first-order chi connectivity index (χ1) is 6.11. The summed E-state index contributed by atoms with van der Waals surface area (Å²) in [6.07, 6.45) is 0. The van der Waals surface area contributed by atoms with Gasteiger partial charge in [-0.2, -0.15) is 0 Å². The molecule has 3 heteroatoms. The second-order valence-corrected chi connectivity index (χ2v) is 3.55. The Bertz CT molecular complexity index is 126. The normalized spacial score (nSPS) is 16.2. The molecule has 80 valence electrons. The van der Waals surface area contributed by atoms with Crippen LogP contribution >= 0.6 is 0 Å². The number of nitrogens with zero attached hydrogens (tertiary/aromatic N) is 1. The number of hydrogen-bond donors (Lipinski definition) is 0. The fourth-order valence-corrected chi connectivity index (χ4v) is 1.39. The summed E-state index contributed by atoms with van der Waals surface area (Å²) in [5, 5.41) is 0. The third kappa shape index (κ3) is 4.60. The van der Waals surface area contributed by atoms with Crippen LogP contribution in [0, 0.1) is 0 Å². The van der Waals surface area contributed by atoms with E-state index in [1.54, 1.807) is 14.2 Å². The molecule has 0 aromatic heterocycles. The molecule has 0 aromatic carbocycles. The standard InChI is InChI=1S/C10H23NO2/c1-6-11(7-2)8-10(3,13-5)9-12-4/h6-9H2,1-5H3. The van der Waals surface area contributed by atoms with Crippen molar-refractivity contribution in [3.8, 4) is 0 Å². The van der Waals surface area contributed by atoms with Crippen molar-refractivity contribution in [2.24, 2.45) is 0 Å². The molecule has 1 atom stereocenters. The highest BCUT2D eigenvalue weighted by atomic mass is 16.5. The minimum absolute atomic E-state index is 0.180. The van der Waals surface area contributed by atoms with Gasteiger partial charge >= 0.3 is 0 Å². The lowest BCUT2D eigenvalue weighted by Gasteiger charge is -2.32. The Kier molecular flexibility index (Phi) is 6.29. The van der Waals surface area contributed by atoms with Crippen LogP contribution in [0.1, 0.15) is 20.8 Å². The van der Waals surface area contributed by atoms with Crippen molar-refractivity contribution >= 4 is 0 Å². The van der Waals surface area contributed by atoms with Gasteiger partial charge in [0.2, 0.25) is 0 Å². The minimum Gasteiger partial charge on any atom is -0.382 e. The number of hydrogen-bond acceptors (Lipinski definition) is 3. The molecule has 0 aliphatic heterocycles. The van der Waals surface area contributed by atoms with Gasteiger partial charge in [0.15, 0.2) is 0 Å². The Hall–Kier alpha value is -0.120. The summed E-state index contributed by atoms with van der Waals surface area (Å²) >= 11 is 0. The average molecular weight is 189 g/mol. The molecule has 0 spiro atoms. The summed E-state index contributed by atoms with van der Waals surface area (Å²) in [7, 11) is 3.45. The molecule has 0 rings (SSSR count). The molecule has 0 amide bonds. The van der Waals surface area contributed by atoms with Crippen LogP contribution < -0.4 is 0 Å². The lowest BCUT2D eigenvalue weighted by molar-refractivity contribution is -0.0683. The van der Waals surface area contributed by atoms with Crippen LogP contribution in [0.3, 0.4) is 0 Å². The van der Waals surface area contributed by atoms with Crippen molar-refractivity contribution in [3.05, 3.63) is 0 Å². The molecule has 0 saturated heterocycles. The van der Waals surface area contributed by atoms with E-state index >= 15 is 0 Å². The Labute approximate surface area is 82.0 Å². The quantitative estimate of drug-likeness (QED) is 0.604. The summed E-state index contributed by atoms with van der Waals surface area (Å²) < 4.78 is 10.6. The van der Waals surface area contributed by atoms with Gasteiger partial charge in [0.05, 0.1) is 6.61 Å². The van der Waals surface area contributed by atoms with Gasteiger partial charge in [0.1, 0.15) is 5.60 Å². The first kappa shape index (κ1) is 12.9. The monoisotopic (exact) mass is 189 g/mol. The fourth-order valence-electron chi connectivity index (χ4n) is 1.39. The van der Waals surface area contributed by atoms with Crippen molar-refractivity contribution in [2.45, 2.75) is 26.4 Å². The van der Waals surface area contributed by atoms with Crippen molar-refractivity contribution in [1.82, 2.24) is 4.90 Å². The van der Waals surface area contributed by atoms with Gasteiger partial charge in [0.25, 0.3) is 0 Å². The molecule has 3 nitrogen and oxygen atoms in total. The van der Waals surface area contributed by atoms with E-state index < -0.39 is 0 Å². The molecule has 0 N–H and O–H groups in total. The Morgan fingerprint density at radius 3 is 2.00 bits per heavy atom. The maximum atomic E-state index is 5.45. The molecule has 0 heterocycles. The van der Waals surface area contributed by atoms with Gasteiger partial charge in [-0.3, -0.25) is 0 Å². The lowest BCUT2D eigenvalue weighted by Crippen LogP contribution is -2.45. The topological polar surface area (TPSA) is 21.7 Å². The molecular formula is C10H23NO2. The molecule has 0 radical (unpaired) electrons. The highest BCUT2D eigenvalue weighted by molar-refractivity contribution is 4.78. The summed E-state index contributed by atoms with van der Waals surface area (Å²) in [6, 6.07) is 0. The highest BCUT2D eigenvalue weighted by Crippen LogP contribution is 2.11. The SMILES string of the molecule is CCN(CC)CC(C)(COC)OC. The summed E-state index contributed by atoms with van der Waals surface area (Å²) in [5.41, 5.74) is -0.180. The first-order valence-corrected chi connectivity index (χ1v) is 4.88. The fraction of sp³-hybridized carbons (Fsp3) is 1.00. The van der Waals surface area contributed by atoms with Gasteiger partial charge in [-0.15, -0.1) is 0 Å². The zero-order valence-corrected chi connectivity index (χ0v) is 9.59. The molecule has 0 saturated carbocycles. The smallest absolute Gasteiger partial charge is 0.101 e. The minimum atomic E-state index is -0.180. The van der Waals surface area contributed by atoms with E-state index in [1.807, 2.05) is 0 Å². The predicted octanol–water partition coefficient (Wildman–Crippen LogP) is 1.38. The molecule has 0 aliphatic carbocycles. The van der Waals surface area contributed by atoms with Gasteiger partial charge < -0.3 is 14.4 Å². The number of rotatable bonds is 7. The molecule has 0 fully saturated rings. The van der Waals surface area contributed by atoms with Gasteiger partial charge in [-0.25, -0.2) is 0 Å². The Morgan fingerprint density at radius 2 is 1.69 bits per heavy atom. The van der Waals surface area contributed by atoms with E-state index in [-0.39, 0.29) is 5.60 Å². The average Bonchev–Trinajstić information content (AvgIpc) is 2.15. The van der Waals surface area contributed by atoms with Gasteiger partial charge in [-0.05, 0) is 20.0 Å². The van der Waals surface area contributed by atoms with E-state index in [1.165, 1.54) is 0 Å². The van der Waals surface area contributed by atoms with Crippen LogP contribution in [0.15, 0.2) is 0 Å². The first-order valence-electron chi connectivity index (χ1n) is 4.88. The largest absolute Gasteiger partial charge is 0.382 e. The third-order valence-corrected chi connectivity index (χ3v) is 2.39. The second-order valence-electron chi connectivity index (χ2n) is 3.55. The van der Waals surface area contributed by atoms with Crippen LogP contribution in [-0.4, -0.2) is 51.0 Å². The van der Waals surface area contributed by atoms with E-state index in [9.17, 15) is 0 Å². The van der Waals surface area contributed by atoms with Crippen LogP contribution in [-0.2, 0) is 9.47 Å². The molecular weight excluding hydrogens is 166 g/mol. The summed E-state index contributed by atoms with van der Waals surface area (Å²) in [4.78, 5) is 2.34. The van der Waals surface area contributed by atoms with Crippen LogP contribution in [0.25, 0.3) is 0 Å². The summed E-state index contributed by atoms with van der Waals surface area (Å²) in [6.45, 7) is 10.1. The molecule has 0 aromatic rings. The highest BCUT2D eigenvalue weighted by Gasteiger charge is 2.25. The van der Waals surface area contributed by atoms with E-state index in [2.05, 4.69) is 25.7 Å². The number of methoxy groups -OCH3 is 2. The Morgan fingerprint density at radius 1 is 1.15 bits per heavy atom. The molecule has 1 unspecified atom stereocenters. The molecule has 13 heavy (non-hydrogen) atoms. The second kappa shape index (κ2) is 6.35. The maximum Gasteiger partial charge on any atom is 0.101 e. The van der Waals surface area contributed by atoms with E-state index in [0.29, 0.717) is 6.61 Å². The van der Waals surface area contributed by atoms with E-state index in [4.69, 9.17) is 9.47 Å². The van der Waals surface area contributed by atoms with Crippen LogP contribution in [0.2, 0.25) is 0 Å². The summed E-state index contributed by atoms with van der Waals surface area (Å²) in [5.74, 6) is 0. The van der Waals surface area contributed by atoms with Crippen molar-refractivity contribution in [2.75, 3.05) is 40.5 Å².